The van der Waals surface area contributed by atoms with Gasteiger partial charge in [0.15, 0.2) is 0 Å². The molecule has 1 aliphatic rings. The van der Waals surface area contributed by atoms with Gasteiger partial charge in [-0.15, -0.1) is 0 Å². The third kappa shape index (κ3) is 5.81. The Morgan fingerprint density at radius 3 is 2.28 bits per heavy atom. The van der Waals surface area contributed by atoms with Crippen molar-refractivity contribution >= 4 is 21.6 Å². The zero-order valence-corrected chi connectivity index (χ0v) is 17.8. The molecule has 0 bridgehead atoms. The monoisotopic (exact) mass is 415 g/mol. The fourth-order valence-corrected chi connectivity index (χ4v) is 4.66. The van der Waals surface area contributed by atoms with E-state index in [1.54, 1.807) is 24.3 Å². The zero-order valence-electron chi connectivity index (χ0n) is 17.0. The fraction of sp³-hybridized carbons (Fsp3) is 0.409. The highest BCUT2D eigenvalue weighted by Crippen LogP contribution is 2.22. The number of anilines is 1. The minimum absolute atomic E-state index is 0.121. The molecule has 3 rings (SSSR count). The standard InChI is InChI=1S/C22H29N3O3S/c1-17-7-11-19(12-8-17)24-29(27,28)21-13-9-18(10-14-21)22(26)23-15-16-25(2)20-5-3-4-6-20/h7-14,20,24H,3-6,15-16H2,1-2H3,(H,23,26). The predicted octanol–water partition coefficient (Wildman–Crippen LogP) is 3.40. The van der Waals surface area contributed by atoms with Crippen molar-refractivity contribution in [1.82, 2.24) is 10.2 Å². The van der Waals surface area contributed by atoms with Gasteiger partial charge < -0.3 is 10.2 Å². The predicted molar refractivity (Wildman–Crippen MR) is 116 cm³/mol. The lowest BCUT2D eigenvalue weighted by atomic mass is 10.2. The van der Waals surface area contributed by atoms with E-state index in [1.807, 2.05) is 19.1 Å². The van der Waals surface area contributed by atoms with E-state index in [4.69, 9.17) is 0 Å². The summed E-state index contributed by atoms with van der Waals surface area (Å²) in [5, 5.41) is 2.91. The minimum Gasteiger partial charge on any atom is -0.351 e. The summed E-state index contributed by atoms with van der Waals surface area (Å²) in [7, 11) is -1.59. The van der Waals surface area contributed by atoms with Crippen LogP contribution in [0, 0.1) is 6.92 Å². The number of nitrogens with zero attached hydrogens (tertiary/aromatic N) is 1. The highest BCUT2D eigenvalue weighted by Gasteiger charge is 2.19. The first-order valence-corrected chi connectivity index (χ1v) is 11.5. The van der Waals surface area contributed by atoms with Crippen LogP contribution >= 0.6 is 0 Å². The van der Waals surface area contributed by atoms with Crippen LogP contribution in [0.1, 0.15) is 41.6 Å². The number of amides is 1. The van der Waals surface area contributed by atoms with Crippen molar-refractivity contribution in [3.8, 4) is 0 Å². The number of sulfonamides is 1. The average molecular weight is 416 g/mol. The topological polar surface area (TPSA) is 78.5 Å². The maximum Gasteiger partial charge on any atom is 0.261 e. The summed E-state index contributed by atoms with van der Waals surface area (Å²) in [4.78, 5) is 14.8. The molecule has 1 fully saturated rings. The minimum atomic E-state index is -3.69. The largest absolute Gasteiger partial charge is 0.351 e. The number of hydrogen-bond acceptors (Lipinski definition) is 4. The van der Waals surface area contributed by atoms with Crippen molar-refractivity contribution < 1.29 is 13.2 Å². The molecule has 0 atom stereocenters. The van der Waals surface area contributed by atoms with E-state index < -0.39 is 10.0 Å². The summed E-state index contributed by atoms with van der Waals surface area (Å²) in [5.74, 6) is -0.194. The number of hydrogen-bond donors (Lipinski definition) is 2. The lowest BCUT2D eigenvalue weighted by molar-refractivity contribution is 0.0947. The van der Waals surface area contributed by atoms with Gasteiger partial charge in [0.1, 0.15) is 0 Å². The second kappa shape index (κ2) is 9.41. The first-order valence-electron chi connectivity index (χ1n) is 10.0. The highest BCUT2D eigenvalue weighted by molar-refractivity contribution is 7.92. The number of carbonyl (C=O) groups excluding carboxylic acids is 1. The molecular formula is C22H29N3O3S. The number of benzene rings is 2. The van der Waals surface area contributed by atoms with Crippen LogP contribution < -0.4 is 10.0 Å². The van der Waals surface area contributed by atoms with Gasteiger partial charge in [0.25, 0.3) is 15.9 Å². The van der Waals surface area contributed by atoms with Gasteiger partial charge in [-0.3, -0.25) is 9.52 Å². The molecule has 0 aromatic heterocycles. The maximum absolute atomic E-state index is 12.5. The van der Waals surface area contributed by atoms with Crippen LogP contribution in [-0.2, 0) is 10.0 Å². The number of carbonyl (C=O) groups is 1. The molecule has 29 heavy (non-hydrogen) atoms. The average Bonchev–Trinajstić information content (AvgIpc) is 3.24. The first kappa shape index (κ1) is 21.3. The molecule has 0 spiro atoms. The molecule has 6 nitrogen and oxygen atoms in total. The fourth-order valence-electron chi connectivity index (χ4n) is 3.60. The normalized spacial score (nSPS) is 14.9. The number of likely N-dealkylation sites (N-methyl/N-ethyl adjacent to an activating group) is 1. The Kier molecular flexibility index (Phi) is 6.92. The Hall–Kier alpha value is -2.38. The van der Waals surface area contributed by atoms with Gasteiger partial charge >= 0.3 is 0 Å². The Morgan fingerprint density at radius 1 is 1.03 bits per heavy atom. The van der Waals surface area contributed by atoms with Gasteiger partial charge in [0.05, 0.1) is 4.90 Å². The van der Waals surface area contributed by atoms with E-state index in [2.05, 4.69) is 22.0 Å². The molecule has 2 N–H and O–H groups in total. The van der Waals surface area contributed by atoms with E-state index in [-0.39, 0.29) is 10.8 Å². The molecule has 0 aliphatic heterocycles. The van der Waals surface area contributed by atoms with Crippen molar-refractivity contribution in [2.45, 2.75) is 43.5 Å². The third-order valence-corrected chi connectivity index (χ3v) is 6.83. The molecule has 156 valence electrons. The molecule has 1 saturated carbocycles. The van der Waals surface area contributed by atoms with Crippen molar-refractivity contribution in [1.29, 1.82) is 0 Å². The van der Waals surface area contributed by atoms with E-state index in [0.29, 0.717) is 23.8 Å². The van der Waals surface area contributed by atoms with Crippen LogP contribution in [0.15, 0.2) is 53.4 Å². The molecule has 7 heteroatoms. The van der Waals surface area contributed by atoms with Crippen molar-refractivity contribution in [3.05, 3.63) is 59.7 Å². The smallest absolute Gasteiger partial charge is 0.261 e. The molecular weight excluding hydrogens is 386 g/mol. The number of nitrogens with one attached hydrogen (secondary N) is 2. The Balaban J connectivity index is 1.54. The summed E-state index contributed by atoms with van der Waals surface area (Å²) >= 11 is 0. The summed E-state index contributed by atoms with van der Waals surface area (Å²) in [6.45, 7) is 3.32. The van der Waals surface area contributed by atoms with Crippen LogP contribution in [0.2, 0.25) is 0 Å². The molecule has 0 radical (unpaired) electrons. The second-order valence-corrected chi connectivity index (χ2v) is 9.35. The Bertz CT molecular complexity index is 919. The lowest BCUT2D eigenvalue weighted by Crippen LogP contribution is -2.37. The van der Waals surface area contributed by atoms with E-state index in [1.165, 1.54) is 37.8 Å². The highest BCUT2D eigenvalue weighted by atomic mass is 32.2. The van der Waals surface area contributed by atoms with Gasteiger partial charge in [-0.25, -0.2) is 8.42 Å². The van der Waals surface area contributed by atoms with E-state index in [0.717, 1.165) is 12.1 Å². The third-order valence-electron chi connectivity index (χ3n) is 5.43. The zero-order chi connectivity index (χ0) is 20.9. The summed E-state index contributed by atoms with van der Waals surface area (Å²) < 4.78 is 27.6. The van der Waals surface area contributed by atoms with Crippen LogP contribution in [0.4, 0.5) is 5.69 Å². The number of rotatable bonds is 8. The molecule has 1 amide bonds. The van der Waals surface area contributed by atoms with E-state index in [9.17, 15) is 13.2 Å². The molecule has 2 aromatic carbocycles. The Morgan fingerprint density at radius 2 is 1.66 bits per heavy atom. The number of aryl methyl sites for hydroxylation is 1. The summed E-state index contributed by atoms with van der Waals surface area (Å²) in [5.41, 5.74) is 2.00. The SMILES string of the molecule is Cc1ccc(NS(=O)(=O)c2ccc(C(=O)NCCN(C)C3CCCC3)cc2)cc1. The van der Waals surface area contributed by atoms with Crippen LogP contribution in [0.25, 0.3) is 0 Å². The molecule has 0 heterocycles. The van der Waals surface area contributed by atoms with Crippen LogP contribution in [0.5, 0.6) is 0 Å². The Labute approximate surface area is 173 Å². The van der Waals surface area contributed by atoms with Gasteiger partial charge in [0.2, 0.25) is 0 Å². The summed E-state index contributed by atoms with van der Waals surface area (Å²) in [6, 6.07) is 13.7. The molecule has 1 aliphatic carbocycles. The van der Waals surface area contributed by atoms with Gasteiger partial charge in [-0.05, 0) is 63.2 Å². The van der Waals surface area contributed by atoms with Crippen molar-refractivity contribution in [2.24, 2.45) is 0 Å². The second-order valence-electron chi connectivity index (χ2n) is 7.67. The quantitative estimate of drug-likeness (QED) is 0.693. The summed E-state index contributed by atoms with van der Waals surface area (Å²) in [6.07, 6.45) is 5.04. The van der Waals surface area contributed by atoms with Crippen molar-refractivity contribution in [2.75, 3.05) is 24.9 Å². The van der Waals surface area contributed by atoms with Gasteiger partial charge in [-0.2, -0.15) is 0 Å². The van der Waals surface area contributed by atoms with Crippen LogP contribution in [0.3, 0.4) is 0 Å². The van der Waals surface area contributed by atoms with Crippen LogP contribution in [-0.4, -0.2) is 45.4 Å². The first-order chi connectivity index (χ1) is 13.8. The lowest BCUT2D eigenvalue weighted by Gasteiger charge is -2.23. The molecule has 0 saturated heterocycles. The maximum atomic E-state index is 12.5. The molecule has 2 aromatic rings. The van der Waals surface area contributed by atoms with Crippen molar-refractivity contribution in [3.63, 3.8) is 0 Å². The molecule has 0 unspecified atom stereocenters. The van der Waals surface area contributed by atoms with Gasteiger partial charge in [0, 0.05) is 30.4 Å². The van der Waals surface area contributed by atoms with Gasteiger partial charge in [-0.1, -0.05) is 30.5 Å². The van der Waals surface area contributed by atoms with E-state index >= 15 is 0 Å².